The molecule has 74 valence electrons. The maximum atomic E-state index is 9.06. The summed E-state index contributed by atoms with van der Waals surface area (Å²) in [5.74, 6) is 0. The average Bonchev–Trinajstić information content (AvgIpc) is 2.60. The summed E-state index contributed by atoms with van der Waals surface area (Å²) in [6.45, 7) is 0.120. The van der Waals surface area contributed by atoms with E-state index < -0.39 is 0 Å². The van der Waals surface area contributed by atoms with Crippen LogP contribution in [-0.2, 0) is 6.61 Å². The number of benzene rings is 1. The molecule has 0 radical (unpaired) electrons. The van der Waals surface area contributed by atoms with Crippen LogP contribution in [0.25, 0.3) is 10.1 Å². The first kappa shape index (κ1) is 10.4. The molecule has 1 aromatic heterocycles. The van der Waals surface area contributed by atoms with Crippen LogP contribution in [0, 0.1) is 0 Å². The highest BCUT2D eigenvalue weighted by Crippen LogP contribution is 2.36. The third-order valence-electron chi connectivity index (χ3n) is 2.04. The maximum absolute atomic E-state index is 9.06. The minimum atomic E-state index is 0.120. The van der Waals surface area contributed by atoms with Crippen LogP contribution >= 0.6 is 35.7 Å². The van der Waals surface area contributed by atoms with Gasteiger partial charge in [-0.1, -0.05) is 0 Å². The fraction of sp³-hybridized carbons (Fsp3) is 0.200. The first-order valence-electron chi connectivity index (χ1n) is 4.15. The molecular formula is C10H10OS3. The number of rotatable bonds is 2. The molecule has 4 heteroatoms. The predicted octanol–water partition coefficient (Wildman–Crippen LogP) is 3.40. The van der Waals surface area contributed by atoms with Gasteiger partial charge in [-0.3, -0.25) is 0 Å². The van der Waals surface area contributed by atoms with Crippen molar-refractivity contribution in [3.05, 3.63) is 23.1 Å². The van der Waals surface area contributed by atoms with E-state index in [2.05, 4.69) is 18.7 Å². The molecule has 0 bridgehead atoms. The van der Waals surface area contributed by atoms with E-state index >= 15 is 0 Å². The van der Waals surface area contributed by atoms with Gasteiger partial charge in [0.2, 0.25) is 0 Å². The zero-order valence-corrected chi connectivity index (χ0v) is 10.2. The Hall–Kier alpha value is -0.160. The molecule has 0 saturated carbocycles. The molecule has 0 aliphatic heterocycles. The van der Waals surface area contributed by atoms with Crippen LogP contribution in [0.4, 0.5) is 0 Å². The van der Waals surface area contributed by atoms with Crippen LogP contribution in [0.1, 0.15) is 4.88 Å². The largest absolute Gasteiger partial charge is 0.391 e. The summed E-state index contributed by atoms with van der Waals surface area (Å²) < 4.78 is 1.22. The summed E-state index contributed by atoms with van der Waals surface area (Å²) >= 11 is 7.75. The number of fused-ring (bicyclic) bond motifs is 1. The van der Waals surface area contributed by atoms with E-state index in [1.165, 1.54) is 15.0 Å². The third-order valence-corrected chi connectivity index (χ3v) is 4.50. The van der Waals surface area contributed by atoms with E-state index in [9.17, 15) is 0 Å². The second-order valence-corrected chi connectivity index (χ2v) is 5.37. The number of hydrogen-bond acceptors (Lipinski definition) is 4. The molecule has 2 rings (SSSR count). The number of aliphatic hydroxyl groups excluding tert-OH is 1. The van der Waals surface area contributed by atoms with Crippen LogP contribution in [0.3, 0.4) is 0 Å². The van der Waals surface area contributed by atoms with Gasteiger partial charge >= 0.3 is 0 Å². The van der Waals surface area contributed by atoms with Crippen molar-refractivity contribution in [3.8, 4) is 0 Å². The van der Waals surface area contributed by atoms with Crippen LogP contribution in [0.5, 0.6) is 0 Å². The summed E-state index contributed by atoms with van der Waals surface area (Å²) in [7, 11) is 0. The Morgan fingerprint density at radius 2 is 2.29 bits per heavy atom. The normalized spacial score (nSPS) is 11.1. The van der Waals surface area contributed by atoms with Crippen LogP contribution in [-0.4, -0.2) is 11.4 Å². The van der Waals surface area contributed by atoms with Crippen molar-refractivity contribution in [1.29, 1.82) is 0 Å². The fourth-order valence-electron chi connectivity index (χ4n) is 1.42. The molecule has 0 amide bonds. The lowest BCUT2D eigenvalue weighted by Crippen LogP contribution is -1.75. The van der Waals surface area contributed by atoms with Gasteiger partial charge in [0.05, 0.1) is 6.61 Å². The molecule has 0 saturated heterocycles. The minimum Gasteiger partial charge on any atom is -0.391 e. The van der Waals surface area contributed by atoms with Crippen LogP contribution in [0.15, 0.2) is 28.0 Å². The van der Waals surface area contributed by atoms with Crippen molar-refractivity contribution in [2.45, 2.75) is 16.4 Å². The van der Waals surface area contributed by atoms with E-state index in [0.717, 1.165) is 9.77 Å². The molecule has 0 spiro atoms. The molecule has 14 heavy (non-hydrogen) atoms. The van der Waals surface area contributed by atoms with Crippen molar-refractivity contribution in [1.82, 2.24) is 0 Å². The maximum Gasteiger partial charge on any atom is 0.0774 e. The van der Waals surface area contributed by atoms with E-state index in [4.69, 9.17) is 5.11 Å². The number of thiophene rings is 1. The summed E-state index contributed by atoms with van der Waals surface area (Å²) in [6, 6.07) is 6.11. The van der Waals surface area contributed by atoms with Crippen molar-refractivity contribution in [3.63, 3.8) is 0 Å². The highest BCUT2D eigenvalue weighted by Gasteiger charge is 2.07. The number of aliphatic hydroxyl groups is 1. The Kier molecular flexibility index (Phi) is 3.07. The van der Waals surface area contributed by atoms with Gasteiger partial charge in [0, 0.05) is 24.8 Å². The van der Waals surface area contributed by atoms with Crippen molar-refractivity contribution >= 4 is 45.8 Å². The standard InChI is InChI=1S/C10H10OS3/c1-13-10-7-4-6(5-11)14-9(7)3-2-8(10)12/h2-4,11-12H,5H2,1H3. The van der Waals surface area contributed by atoms with Gasteiger partial charge in [0.25, 0.3) is 0 Å². The summed E-state index contributed by atoms with van der Waals surface area (Å²) in [4.78, 5) is 3.21. The highest BCUT2D eigenvalue weighted by molar-refractivity contribution is 7.99. The molecule has 1 aromatic carbocycles. The van der Waals surface area contributed by atoms with Gasteiger partial charge < -0.3 is 5.11 Å². The highest BCUT2D eigenvalue weighted by atomic mass is 32.2. The lowest BCUT2D eigenvalue weighted by Gasteiger charge is -2.01. The smallest absolute Gasteiger partial charge is 0.0774 e. The minimum absolute atomic E-state index is 0.120. The van der Waals surface area contributed by atoms with Crippen molar-refractivity contribution in [2.75, 3.05) is 6.26 Å². The lowest BCUT2D eigenvalue weighted by molar-refractivity contribution is 0.285. The lowest BCUT2D eigenvalue weighted by atomic mass is 10.2. The molecule has 0 aliphatic carbocycles. The molecule has 1 N–H and O–H groups in total. The quantitative estimate of drug-likeness (QED) is 0.622. The number of hydrogen-bond donors (Lipinski definition) is 2. The van der Waals surface area contributed by atoms with E-state index in [1.54, 1.807) is 23.1 Å². The molecule has 0 fully saturated rings. The van der Waals surface area contributed by atoms with Gasteiger partial charge in [-0.15, -0.1) is 35.7 Å². The zero-order chi connectivity index (χ0) is 10.1. The Bertz CT molecular complexity index is 462. The van der Waals surface area contributed by atoms with E-state index in [-0.39, 0.29) is 6.61 Å². The van der Waals surface area contributed by atoms with Crippen LogP contribution in [0.2, 0.25) is 0 Å². The monoisotopic (exact) mass is 242 g/mol. The van der Waals surface area contributed by atoms with Gasteiger partial charge in [0.1, 0.15) is 0 Å². The van der Waals surface area contributed by atoms with Crippen molar-refractivity contribution < 1.29 is 5.11 Å². The topological polar surface area (TPSA) is 20.2 Å². The molecule has 1 nitrogen and oxygen atoms in total. The molecule has 0 aliphatic rings. The second-order valence-electron chi connectivity index (χ2n) is 2.90. The van der Waals surface area contributed by atoms with E-state index in [0.29, 0.717) is 0 Å². The molecule has 2 aromatic rings. The number of thiol groups is 1. The first-order valence-corrected chi connectivity index (χ1v) is 6.64. The van der Waals surface area contributed by atoms with E-state index in [1.807, 2.05) is 18.4 Å². The molecular weight excluding hydrogens is 232 g/mol. The van der Waals surface area contributed by atoms with Gasteiger partial charge in [-0.2, -0.15) is 0 Å². The van der Waals surface area contributed by atoms with Gasteiger partial charge in [0.15, 0.2) is 0 Å². The van der Waals surface area contributed by atoms with Crippen LogP contribution < -0.4 is 0 Å². The molecule has 1 heterocycles. The molecule has 0 unspecified atom stereocenters. The van der Waals surface area contributed by atoms with Crippen molar-refractivity contribution in [2.24, 2.45) is 0 Å². The summed E-state index contributed by atoms with van der Waals surface area (Å²) in [5, 5.41) is 10.3. The molecule has 0 atom stereocenters. The van der Waals surface area contributed by atoms with Gasteiger partial charge in [-0.25, -0.2) is 0 Å². The first-order chi connectivity index (χ1) is 6.76. The fourth-order valence-corrected chi connectivity index (χ4v) is 3.55. The zero-order valence-electron chi connectivity index (χ0n) is 7.65. The Morgan fingerprint density at radius 3 is 2.93 bits per heavy atom. The Balaban J connectivity index is 2.73. The summed E-state index contributed by atoms with van der Waals surface area (Å²) in [6.07, 6.45) is 2.05. The average molecular weight is 242 g/mol. The third kappa shape index (κ3) is 1.67. The Labute approximate surface area is 96.6 Å². The second kappa shape index (κ2) is 4.14. The predicted molar refractivity (Wildman–Crippen MR) is 66.8 cm³/mol. The van der Waals surface area contributed by atoms with Gasteiger partial charge in [-0.05, 0) is 24.5 Å². The number of thioether (sulfide) groups is 1. The summed E-state index contributed by atoms with van der Waals surface area (Å²) in [5.41, 5.74) is 0. The SMILES string of the molecule is CSc1c(S)ccc2sc(CO)cc12. The Morgan fingerprint density at radius 1 is 1.50 bits per heavy atom.